The Bertz CT molecular complexity index is 920. The highest BCUT2D eigenvalue weighted by Crippen LogP contribution is 2.32. The van der Waals surface area contributed by atoms with Crippen molar-refractivity contribution >= 4 is 11.7 Å². The highest BCUT2D eigenvalue weighted by atomic mass is 16.5. The van der Waals surface area contributed by atoms with Crippen LogP contribution in [0.5, 0.6) is 5.75 Å². The maximum atomic E-state index is 13.5. The first-order valence-corrected chi connectivity index (χ1v) is 10.7. The van der Waals surface area contributed by atoms with Gasteiger partial charge in [0.15, 0.2) is 0 Å². The molecule has 2 N–H and O–H groups in total. The summed E-state index contributed by atoms with van der Waals surface area (Å²) in [5.74, 6) is 2.63. The van der Waals surface area contributed by atoms with Crippen molar-refractivity contribution in [2.24, 2.45) is 0 Å². The number of carbonyl (C=O) groups excluding carboxylic acids is 1. The Morgan fingerprint density at radius 2 is 2.03 bits per heavy atom. The van der Waals surface area contributed by atoms with Crippen molar-refractivity contribution in [3.63, 3.8) is 0 Å². The zero-order valence-electron chi connectivity index (χ0n) is 18.3. The van der Waals surface area contributed by atoms with Crippen LogP contribution >= 0.6 is 0 Å². The van der Waals surface area contributed by atoms with E-state index in [1.807, 2.05) is 50.1 Å². The number of nitrogens with one attached hydrogen (secondary N) is 2. The lowest BCUT2D eigenvalue weighted by molar-refractivity contribution is -0.137. The molecule has 1 atom stereocenters. The average Bonchev–Trinajstić information content (AvgIpc) is 3.32. The predicted molar refractivity (Wildman–Crippen MR) is 117 cm³/mol. The molecule has 1 aromatic heterocycles. The molecular formula is C23H31N5O2. The molecule has 3 heterocycles. The van der Waals surface area contributed by atoms with Gasteiger partial charge >= 0.3 is 0 Å². The number of amides is 1. The minimum atomic E-state index is -0.627. The van der Waals surface area contributed by atoms with E-state index >= 15 is 0 Å². The maximum Gasteiger partial charge on any atom is 0.233 e. The largest absolute Gasteiger partial charge is 0.497 e. The number of benzene rings is 1. The SMILES string of the molecule is CNc1nc(C2CCCN2)nc2c1CCN(C(=O)C(C)(C)c1ccc(OC)cc1)C2. The van der Waals surface area contributed by atoms with Crippen molar-refractivity contribution < 1.29 is 9.53 Å². The van der Waals surface area contributed by atoms with E-state index in [9.17, 15) is 4.79 Å². The van der Waals surface area contributed by atoms with E-state index in [2.05, 4.69) is 10.6 Å². The zero-order valence-corrected chi connectivity index (χ0v) is 18.3. The molecule has 2 aliphatic heterocycles. The number of fused-ring (bicyclic) bond motifs is 1. The Hall–Kier alpha value is -2.67. The van der Waals surface area contributed by atoms with Crippen LogP contribution in [0, 0.1) is 0 Å². The second-order valence-corrected chi connectivity index (χ2v) is 8.58. The van der Waals surface area contributed by atoms with Gasteiger partial charge < -0.3 is 20.3 Å². The number of aromatic nitrogens is 2. The Labute approximate surface area is 178 Å². The molecule has 0 radical (unpaired) electrons. The van der Waals surface area contributed by atoms with E-state index in [0.29, 0.717) is 13.1 Å². The molecule has 2 aliphatic rings. The van der Waals surface area contributed by atoms with Crippen molar-refractivity contribution in [2.75, 3.05) is 32.6 Å². The number of nitrogens with zero attached hydrogens (tertiary/aromatic N) is 3. The molecule has 1 amide bonds. The molecule has 0 saturated carbocycles. The van der Waals surface area contributed by atoms with Gasteiger partial charge in [-0.2, -0.15) is 0 Å². The topological polar surface area (TPSA) is 79.4 Å². The Balaban J connectivity index is 1.59. The third kappa shape index (κ3) is 3.74. The van der Waals surface area contributed by atoms with Gasteiger partial charge in [-0.25, -0.2) is 9.97 Å². The number of methoxy groups -OCH3 is 1. The summed E-state index contributed by atoms with van der Waals surface area (Å²) >= 11 is 0. The fourth-order valence-electron chi connectivity index (χ4n) is 4.42. The zero-order chi connectivity index (χ0) is 21.3. The minimum Gasteiger partial charge on any atom is -0.497 e. The standard InChI is InChI=1S/C23H31N5O2/c1-23(2,15-7-9-16(30-4)10-8-15)22(29)28-13-11-17-19(14-28)26-21(27-20(17)24-3)18-6-5-12-25-18/h7-10,18,25H,5-6,11-14H2,1-4H3,(H,24,26,27). The van der Waals surface area contributed by atoms with Crippen LogP contribution in [0.15, 0.2) is 24.3 Å². The summed E-state index contributed by atoms with van der Waals surface area (Å²) in [6.07, 6.45) is 2.95. The van der Waals surface area contributed by atoms with E-state index in [1.165, 1.54) is 0 Å². The smallest absolute Gasteiger partial charge is 0.233 e. The molecule has 30 heavy (non-hydrogen) atoms. The number of hydrogen-bond donors (Lipinski definition) is 2. The highest BCUT2D eigenvalue weighted by Gasteiger charge is 2.36. The second kappa shape index (κ2) is 8.22. The highest BCUT2D eigenvalue weighted by molar-refractivity contribution is 5.87. The van der Waals surface area contributed by atoms with Crippen molar-refractivity contribution in [1.29, 1.82) is 0 Å². The third-order valence-corrected chi connectivity index (χ3v) is 6.32. The molecular weight excluding hydrogens is 378 g/mol. The normalized spacial score (nSPS) is 18.8. The van der Waals surface area contributed by atoms with E-state index in [4.69, 9.17) is 14.7 Å². The van der Waals surface area contributed by atoms with Crippen molar-refractivity contribution in [1.82, 2.24) is 20.2 Å². The van der Waals surface area contributed by atoms with E-state index in [1.54, 1.807) is 7.11 Å². The summed E-state index contributed by atoms with van der Waals surface area (Å²) in [7, 11) is 3.55. The van der Waals surface area contributed by atoms with Gasteiger partial charge in [0.25, 0.3) is 0 Å². The van der Waals surface area contributed by atoms with E-state index in [-0.39, 0.29) is 11.9 Å². The first-order chi connectivity index (χ1) is 14.4. The minimum absolute atomic E-state index is 0.114. The third-order valence-electron chi connectivity index (χ3n) is 6.32. The van der Waals surface area contributed by atoms with Gasteiger partial charge in [-0.3, -0.25) is 4.79 Å². The monoisotopic (exact) mass is 409 g/mol. The molecule has 0 bridgehead atoms. The molecule has 1 fully saturated rings. The summed E-state index contributed by atoms with van der Waals surface area (Å²) in [6.45, 7) is 6.16. The first-order valence-electron chi connectivity index (χ1n) is 10.7. The van der Waals surface area contributed by atoms with Gasteiger partial charge in [0.1, 0.15) is 17.4 Å². The maximum absolute atomic E-state index is 13.5. The van der Waals surface area contributed by atoms with Gasteiger partial charge in [0, 0.05) is 19.2 Å². The lowest BCUT2D eigenvalue weighted by Crippen LogP contribution is -2.46. The molecule has 0 aliphatic carbocycles. The molecule has 7 nitrogen and oxygen atoms in total. The van der Waals surface area contributed by atoms with Gasteiger partial charge in [-0.05, 0) is 57.4 Å². The van der Waals surface area contributed by atoms with Gasteiger partial charge in [-0.15, -0.1) is 0 Å². The van der Waals surface area contributed by atoms with Crippen LogP contribution < -0.4 is 15.4 Å². The number of hydrogen-bond acceptors (Lipinski definition) is 6. The van der Waals surface area contributed by atoms with Crippen molar-refractivity contribution in [3.05, 3.63) is 46.9 Å². The number of ether oxygens (including phenoxy) is 1. The van der Waals surface area contributed by atoms with Crippen molar-refractivity contribution in [3.8, 4) is 5.75 Å². The molecule has 1 unspecified atom stereocenters. The Morgan fingerprint density at radius 1 is 1.27 bits per heavy atom. The van der Waals surface area contributed by atoms with Crippen LogP contribution in [-0.2, 0) is 23.2 Å². The summed E-state index contributed by atoms with van der Waals surface area (Å²) in [5.41, 5.74) is 2.45. The molecule has 1 saturated heterocycles. The lowest BCUT2D eigenvalue weighted by Gasteiger charge is -2.35. The molecule has 0 spiro atoms. The molecule has 1 aromatic carbocycles. The van der Waals surface area contributed by atoms with Crippen molar-refractivity contribution in [2.45, 2.75) is 51.1 Å². The first kappa shape index (κ1) is 20.6. The summed E-state index contributed by atoms with van der Waals surface area (Å²) in [5, 5.41) is 6.71. The molecule has 2 aromatic rings. The molecule has 7 heteroatoms. The fourth-order valence-corrected chi connectivity index (χ4v) is 4.42. The summed E-state index contributed by atoms with van der Waals surface area (Å²) < 4.78 is 5.25. The van der Waals surface area contributed by atoms with Crippen LogP contribution in [0.25, 0.3) is 0 Å². The van der Waals surface area contributed by atoms with Gasteiger partial charge in [0.05, 0.1) is 30.8 Å². The summed E-state index contributed by atoms with van der Waals surface area (Å²) in [4.78, 5) is 25.1. The summed E-state index contributed by atoms with van der Waals surface area (Å²) in [6, 6.07) is 7.95. The molecule has 4 rings (SSSR count). The van der Waals surface area contributed by atoms with Gasteiger partial charge in [0.2, 0.25) is 5.91 Å². The van der Waals surface area contributed by atoms with Crippen LogP contribution in [0.4, 0.5) is 5.82 Å². The van der Waals surface area contributed by atoms with Crippen LogP contribution in [0.2, 0.25) is 0 Å². The van der Waals surface area contributed by atoms with E-state index < -0.39 is 5.41 Å². The van der Waals surface area contributed by atoms with Crippen LogP contribution in [-0.4, -0.2) is 48.0 Å². The Kier molecular flexibility index (Phi) is 5.64. The van der Waals surface area contributed by atoms with Crippen LogP contribution in [0.1, 0.15) is 55.4 Å². The van der Waals surface area contributed by atoms with Crippen LogP contribution in [0.3, 0.4) is 0 Å². The quantitative estimate of drug-likeness (QED) is 0.791. The number of carbonyl (C=O) groups is 1. The number of rotatable bonds is 5. The molecule has 160 valence electrons. The average molecular weight is 410 g/mol. The van der Waals surface area contributed by atoms with E-state index in [0.717, 1.165) is 60.0 Å². The number of anilines is 1. The fraction of sp³-hybridized carbons (Fsp3) is 0.522. The van der Waals surface area contributed by atoms with Gasteiger partial charge in [-0.1, -0.05) is 12.1 Å². The Morgan fingerprint density at radius 3 is 2.67 bits per heavy atom. The predicted octanol–water partition coefficient (Wildman–Crippen LogP) is 2.81. The second-order valence-electron chi connectivity index (χ2n) is 8.58. The lowest BCUT2D eigenvalue weighted by atomic mass is 9.82.